The van der Waals surface area contributed by atoms with Gasteiger partial charge in [-0.3, -0.25) is 14.3 Å². The average Bonchev–Trinajstić information content (AvgIpc) is 2.55. The average molecular weight is 368 g/mol. The minimum atomic E-state index is -3.36. The number of nitrogens with one attached hydrogen (secondary N) is 1. The molecule has 1 aliphatic heterocycles. The first-order valence-corrected chi connectivity index (χ1v) is 10.1. The number of ether oxygens (including phenoxy) is 1. The van der Waals surface area contributed by atoms with Crippen LogP contribution in [0.5, 0.6) is 0 Å². The van der Waals surface area contributed by atoms with E-state index in [1.54, 1.807) is 36.9 Å². The normalized spacial score (nSPS) is 15.7. The molecule has 25 heavy (non-hydrogen) atoms. The molecule has 7 nitrogen and oxygen atoms in total. The van der Waals surface area contributed by atoms with Crippen molar-refractivity contribution in [1.29, 1.82) is 0 Å². The fourth-order valence-electron chi connectivity index (χ4n) is 2.87. The molecule has 1 N–H and O–H groups in total. The number of nitrogens with zero attached hydrogens (tertiary/aromatic N) is 1. The Morgan fingerprint density at radius 3 is 2.44 bits per heavy atom. The Balaban J connectivity index is 2.02. The minimum Gasteiger partial charge on any atom is -0.466 e. The van der Waals surface area contributed by atoms with Gasteiger partial charge in [-0.25, -0.2) is 8.42 Å². The molecular weight excluding hydrogens is 344 g/mol. The third-order valence-electron chi connectivity index (χ3n) is 4.17. The first-order valence-electron chi connectivity index (χ1n) is 8.25. The van der Waals surface area contributed by atoms with E-state index in [2.05, 4.69) is 4.72 Å². The number of piperidine rings is 1. The molecule has 138 valence electrons. The summed E-state index contributed by atoms with van der Waals surface area (Å²) < 4.78 is 30.1. The Labute approximate surface area is 148 Å². The largest absolute Gasteiger partial charge is 0.466 e. The highest BCUT2D eigenvalue weighted by molar-refractivity contribution is 7.92. The first-order chi connectivity index (χ1) is 11.7. The predicted octanol–water partition coefficient (Wildman–Crippen LogP) is 1.78. The molecule has 1 fully saturated rings. The second kappa shape index (κ2) is 7.86. The third kappa shape index (κ3) is 5.19. The van der Waals surface area contributed by atoms with Crippen molar-refractivity contribution in [2.24, 2.45) is 5.92 Å². The number of rotatable bonds is 5. The molecule has 8 heteroatoms. The summed E-state index contributed by atoms with van der Waals surface area (Å²) in [5.74, 6) is -0.454. The Morgan fingerprint density at radius 2 is 1.92 bits per heavy atom. The third-order valence-corrected chi connectivity index (χ3v) is 4.76. The van der Waals surface area contributed by atoms with Crippen LogP contribution in [0.25, 0.3) is 0 Å². The number of hydrogen-bond acceptors (Lipinski definition) is 5. The van der Waals surface area contributed by atoms with Gasteiger partial charge < -0.3 is 9.64 Å². The van der Waals surface area contributed by atoms with Crippen molar-refractivity contribution >= 4 is 27.6 Å². The van der Waals surface area contributed by atoms with Gasteiger partial charge in [-0.1, -0.05) is 0 Å². The van der Waals surface area contributed by atoms with E-state index in [9.17, 15) is 18.0 Å². The molecule has 0 aliphatic carbocycles. The lowest BCUT2D eigenvalue weighted by molar-refractivity contribution is -0.149. The second-order valence-corrected chi connectivity index (χ2v) is 7.97. The molecular formula is C17H24N2O5S. The summed E-state index contributed by atoms with van der Waals surface area (Å²) in [6.45, 7) is 4.90. The lowest BCUT2D eigenvalue weighted by Crippen LogP contribution is -2.40. The zero-order valence-electron chi connectivity index (χ0n) is 14.7. The van der Waals surface area contributed by atoms with Gasteiger partial charge in [0.2, 0.25) is 10.0 Å². The molecule has 1 heterocycles. The molecule has 2 rings (SSSR count). The molecule has 1 aromatic rings. The van der Waals surface area contributed by atoms with Gasteiger partial charge in [-0.15, -0.1) is 0 Å². The lowest BCUT2D eigenvalue weighted by Gasteiger charge is -2.31. The SMILES string of the molecule is CCOC(=O)C1CCN(C(=O)c2ccc(NS(C)(=O)=O)c(C)c2)CC1. The fraction of sp³-hybridized carbons (Fsp3) is 0.529. The monoisotopic (exact) mass is 368 g/mol. The van der Waals surface area contributed by atoms with Crippen LogP contribution in [0.15, 0.2) is 18.2 Å². The number of sulfonamides is 1. The molecule has 0 unspecified atom stereocenters. The van der Waals surface area contributed by atoms with Gasteiger partial charge in [-0.05, 0) is 50.5 Å². The molecule has 0 aromatic heterocycles. The molecule has 0 bridgehead atoms. The van der Waals surface area contributed by atoms with Crippen molar-refractivity contribution in [1.82, 2.24) is 4.90 Å². The quantitative estimate of drug-likeness (QED) is 0.800. The van der Waals surface area contributed by atoms with E-state index in [1.165, 1.54) is 0 Å². The number of esters is 1. The van der Waals surface area contributed by atoms with Crippen LogP contribution in [-0.4, -0.2) is 51.1 Å². The maximum atomic E-state index is 12.6. The van der Waals surface area contributed by atoms with Crippen LogP contribution >= 0.6 is 0 Å². The Bertz CT molecular complexity index is 752. The number of hydrogen-bond donors (Lipinski definition) is 1. The Hall–Kier alpha value is -2.09. The number of amides is 1. The van der Waals surface area contributed by atoms with Gasteiger partial charge >= 0.3 is 5.97 Å². The van der Waals surface area contributed by atoms with E-state index in [-0.39, 0.29) is 17.8 Å². The van der Waals surface area contributed by atoms with Crippen molar-refractivity contribution in [2.45, 2.75) is 26.7 Å². The molecule has 0 atom stereocenters. The number of anilines is 1. The van der Waals surface area contributed by atoms with Crippen molar-refractivity contribution in [3.8, 4) is 0 Å². The number of aryl methyl sites for hydroxylation is 1. The van der Waals surface area contributed by atoms with E-state index < -0.39 is 10.0 Å². The molecule has 1 aromatic carbocycles. The van der Waals surface area contributed by atoms with Crippen molar-refractivity contribution < 1.29 is 22.7 Å². The Kier molecular flexibility index (Phi) is 6.05. The Morgan fingerprint density at radius 1 is 1.28 bits per heavy atom. The number of benzene rings is 1. The molecule has 0 radical (unpaired) electrons. The van der Waals surface area contributed by atoms with Crippen molar-refractivity contribution in [2.75, 3.05) is 30.7 Å². The molecule has 0 spiro atoms. The van der Waals surface area contributed by atoms with Crippen molar-refractivity contribution in [3.05, 3.63) is 29.3 Å². The first kappa shape index (κ1) is 19.2. The van der Waals surface area contributed by atoms with Crippen LogP contribution in [-0.2, 0) is 19.6 Å². The zero-order chi connectivity index (χ0) is 18.6. The lowest BCUT2D eigenvalue weighted by atomic mass is 9.96. The van der Waals surface area contributed by atoms with E-state index in [0.717, 1.165) is 6.26 Å². The van der Waals surface area contributed by atoms with Gasteiger partial charge in [0.05, 0.1) is 24.5 Å². The highest BCUT2D eigenvalue weighted by Gasteiger charge is 2.28. The summed E-state index contributed by atoms with van der Waals surface area (Å²) >= 11 is 0. The van der Waals surface area contributed by atoms with Crippen LogP contribution in [0.4, 0.5) is 5.69 Å². The predicted molar refractivity (Wildman–Crippen MR) is 94.9 cm³/mol. The number of likely N-dealkylation sites (tertiary alicyclic amines) is 1. The molecule has 1 saturated heterocycles. The molecule has 1 aliphatic rings. The van der Waals surface area contributed by atoms with Crippen molar-refractivity contribution in [3.63, 3.8) is 0 Å². The summed E-state index contributed by atoms with van der Waals surface area (Å²) in [6, 6.07) is 4.88. The van der Waals surface area contributed by atoms with Gasteiger partial charge in [0, 0.05) is 18.7 Å². The zero-order valence-corrected chi connectivity index (χ0v) is 15.6. The van der Waals surface area contributed by atoms with E-state index in [0.29, 0.717) is 49.4 Å². The minimum absolute atomic E-state index is 0.115. The number of carbonyl (C=O) groups is 2. The topological polar surface area (TPSA) is 92.8 Å². The summed E-state index contributed by atoms with van der Waals surface area (Å²) in [5.41, 5.74) is 1.64. The fourth-order valence-corrected chi connectivity index (χ4v) is 3.50. The van der Waals surface area contributed by atoms with Crippen LogP contribution in [0.2, 0.25) is 0 Å². The van der Waals surface area contributed by atoms with Gasteiger partial charge in [-0.2, -0.15) is 0 Å². The number of carbonyl (C=O) groups excluding carboxylic acids is 2. The van der Waals surface area contributed by atoms with Gasteiger partial charge in [0.15, 0.2) is 0 Å². The molecule has 0 saturated carbocycles. The second-order valence-electron chi connectivity index (χ2n) is 6.22. The van der Waals surface area contributed by atoms with Crippen LogP contribution in [0.3, 0.4) is 0 Å². The smallest absolute Gasteiger partial charge is 0.309 e. The van der Waals surface area contributed by atoms with E-state index in [4.69, 9.17) is 4.74 Å². The summed E-state index contributed by atoms with van der Waals surface area (Å²) in [5, 5.41) is 0. The highest BCUT2D eigenvalue weighted by atomic mass is 32.2. The summed E-state index contributed by atoms with van der Waals surface area (Å²) in [7, 11) is -3.36. The van der Waals surface area contributed by atoms with E-state index >= 15 is 0 Å². The summed E-state index contributed by atoms with van der Waals surface area (Å²) in [6.07, 6.45) is 2.27. The van der Waals surface area contributed by atoms with Crippen LogP contribution in [0.1, 0.15) is 35.7 Å². The highest BCUT2D eigenvalue weighted by Crippen LogP contribution is 2.23. The summed E-state index contributed by atoms with van der Waals surface area (Å²) in [4.78, 5) is 26.1. The van der Waals surface area contributed by atoms with Crippen LogP contribution < -0.4 is 4.72 Å². The maximum Gasteiger partial charge on any atom is 0.309 e. The molecule has 1 amide bonds. The van der Waals surface area contributed by atoms with Crippen LogP contribution in [0, 0.1) is 12.8 Å². The van der Waals surface area contributed by atoms with Gasteiger partial charge in [0.25, 0.3) is 5.91 Å². The standard InChI is InChI=1S/C17H24N2O5S/c1-4-24-17(21)13-7-9-19(10-8-13)16(20)14-5-6-15(12(2)11-14)18-25(3,22)23/h5-6,11,13,18H,4,7-10H2,1-3H3. The van der Waals surface area contributed by atoms with Gasteiger partial charge in [0.1, 0.15) is 0 Å². The maximum absolute atomic E-state index is 12.6. The van der Waals surface area contributed by atoms with E-state index in [1.807, 2.05) is 0 Å².